The van der Waals surface area contributed by atoms with Crippen molar-refractivity contribution in [3.05, 3.63) is 59.7 Å². The molecule has 12 nitrogen and oxygen atoms in total. The van der Waals surface area contributed by atoms with Crippen LogP contribution in [-0.4, -0.2) is 101 Å². The average Bonchev–Trinajstić information content (AvgIpc) is 2.96. The Morgan fingerprint density at radius 1 is 1.07 bits per heavy atom. The van der Waals surface area contributed by atoms with Crippen molar-refractivity contribution in [1.82, 2.24) is 25.1 Å². The first kappa shape index (κ1) is 29.2. The lowest BCUT2D eigenvalue weighted by Gasteiger charge is -2.54. The number of carboxylic acids is 1. The number of urea groups is 1. The number of hydrogen-bond donors (Lipinski definition) is 2. The number of aliphatic carboxylic acids is 1. The smallest absolute Gasteiger partial charge is 0.334 e. The van der Waals surface area contributed by atoms with Gasteiger partial charge in [-0.15, -0.1) is 6.42 Å². The molecule has 2 aromatic carbocycles. The second-order valence-corrected chi connectivity index (χ2v) is 9.63. The van der Waals surface area contributed by atoms with Gasteiger partial charge in [0.25, 0.3) is 0 Å². The summed E-state index contributed by atoms with van der Waals surface area (Å²) >= 11 is 0. The lowest BCUT2D eigenvalue weighted by atomic mass is 10.0. The second-order valence-electron chi connectivity index (χ2n) is 9.63. The van der Waals surface area contributed by atoms with Crippen LogP contribution in [0.5, 0.6) is 11.5 Å². The minimum Gasteiger partial charge on any atom is -0.493 e. The molecule has 0 radical (unpaired) electrons. The number of terminal acetylenes is 1. The van der Waals surface area contributed by atoms with Crippen molar-refractivity contribution in [3.63, 3.8) is 0 Å². The predicted molar refractivity (Wildman–Crippen MR) is 147 cm³/mol. The largest absolute Gasteiger partial charge is 0.493 e. The highest BCUT2D eigenvalue weighted by atomic mass is 16.5. The molecule has 2 saturated heterocycles. The van der Waals surface area contributed by atoms with Gasteiger partial charge in [0.2, 0.25) is 11.8 Å². The van der Waals surface area contributed by atoms with Crippen LogP contribution in [0.3, 0.4) is 0 Å². The van der Waals surface area contributed by atoms with E-state index in [0.29, 0.717) is 17.9 Å². The highest BCUT2D eigenvalue weighted by Crippen LogP contribution is 2.30. The molecule has 2 fully saturated rings. The predicted octanol–water partition coefficient (Wildman–Crippen LogP) is 1.16. The van der Waals surface area contributed by atoms with Gasteiger partial charge in [0.15, 0.2) is 11.5 Å². The molecule has 0 unspecified atom stereocenters. The highest BCUT2D eigenvalue weighted by Gasteiger charge is 2.51. The number of piperazine rings is 1. The van der Waals surface area contributed by atoms with Gasteiger partial charge >= 0.3 is 12.0 Å². The van der Waals surface area contributed by atoms with Crippen molar-refractivity contribution in [2.45, 2.75) is 31.6 Å². The Kier molecular flexibility index (Phi) is 9.31. The Labute approximate surface area is 238 Å². The number of hydrogen-bond acceptors (Lipinski definition) is 7. The number of fused-ring (bicyclic) bond motifs is 1. The third-order valence-corrected chi connectivity index (χ3v) is 7.08. The van der Waals surface area contributed by atoms with E-state index in [0.717, 1.165) is 11.1 Å². The first-order valence-corrected chi connectivity index (χ1v) is 13.1. The maximum atomic E-state index is 13.6. The van der Waals surface area contributed by atoms with Crippen molar-refractivity contribution in [3.8, 4) is 23.8 Å². The Balaban J connectivity index is 1.61. The first-order chi connectivity index (χ1) is 19.8. The van der Waals surface area contributed by atoms with E-state index in [9.17, 15) is 24.3 Å². The van der Waals surface area contributed by atoms with Crippen LogP contribution in [0.4, 0.5) is 4.79 Å². The fourth-order valence-electron chi connectivity index (χ4n) is 5.16. The molecule has 12 heteroatoms. The van der Waals surface area contributed by atoms with Gasteiger partial charge in [0, 0.05) is 13.1 Å². The molecule has 2 atom stereocenters. The molecular weight excluding hydrogens is 530 g/mol. The highest BCUT2D eigenvalue weighted by molar-refractivity contribution is 5.93. The first-order valence-electron chi connectivity index (χ1n) is 13.1. The lowest BCUT2D eigenvalue weighted by molar-refractivity contribution is -0.190. The zero-order valence-electron chi connectivity index (χ0n) is 23.0. The second kappa shape index (κ2) is 13.1. The number of rotatable bonds is 10. The van der Waals surface area contributed by atoms with Gasteiger partial charge in [0.05, 0.1) is 40.3 Å². The van der Waals surface area contributed by atoms with Gasteiger partial charge in [-0.1, -0.05) is 42.3 Å². The van der Waals surface area contributed by atoms with E-state index < -0.39 is 42.4 Å². The van der Waals surface area contributed by atoms with Gasteiger partial charge in [-0.05, 0) is 29.7 Å². The van der Waals surface area contributed by atoms with Gasteiger partial charge in [-0.2, -0.15) is 5.01 Å². The normalized spacial score (nSPS) is 18.9. The standard InChI is InChI=1S/C29H33N5O7/c1-4-13-32-19-26(35)33-22(16-27(36)37)28(38)31(14-12-20-10-11-23(40-2)24(15-20)41-3)18-25(33)34(32)29(39)30-17-21-8-6-5-7-9-21/h1,5-11,15,22,25H,12-14,16-19H2,2-3H3,(H,30,39)(H,36,37)/t22-,25-/m0/s1. The minimum absolute atomic E-state index is 0.0200. The van der Waals surface area contributed by atoms with Crippen LogP contribution in [0, 0.1) is 12.3 Å². The molecule has 0 bridgehead atoms. The number of nitrogens with zero attached hydrogens (tertiary/aromatic N) is 4. The summed E-state index contributed by atoms with van der Waals surface area (Å²) in [6.45, 7) is 0.124. The number of amides is 4. The number of hydrazine groups is 1. The fraction of sp³-hybridized carbons (Fsp3) is 0.379. The number of carbonyl (C=O) groups excluding carboxylic acids is 3. The van der Waals surface area contributed by atoms with Gasteiger partial charge in [-0.3, -0.25) is 14.4 Å². The Morgan fingerprint density at radius 2 is 1.80 bits per heavy atom. The van der Waals surface area contributed by atoms with Crippen LogP contribution in [0.15, 0.2) is 48.5 Å². The molecule has 216 valence electrons. The van der Waals surface area contributed by atoms with Crippen molar-refractivity contribution in [1.29, 1.82) is 0 Å². The maximum absolute atomic E-state index is 13.6. The Morgan fingerprint density at radius 3 is 2.46 bits per heavy atom. The maximum Gasteiger partial charge on any atom is 0.334 e. The molecule has 2 N–H and O–H groups in total. The average molecular weight is 564 g/mol. The molecule has 2 aliphatic rings. The molecule has 2 aliphatic heterocycles. The van der Waals surface area contributed by atoms with Crippen LogP contribution >= 0.6 is 0 Å². The summed E-state index contributed by atoms with van der Waals surface area (Å²) in [7, 11) is 3.06. The van der Waals surface area contributed by atoms with Crippen LogP contribution in [0.25, 0.3) is 0 Å². The fourth-order valence-corrected chi connectivity index (χ4v) is 5.16. The van der Waals surface area contributed by atoms with E-state index in [1.807, 2.05) is 36.4 Å². The number of ether oxygens (including phenoxy) is 2. The number of carbonyl (C=O) groups is 4. The summed E-state index contributed by atoms with van der Waals surface area (Å²) in [5, 5.41) is 15.3. The molecule has 0 spiro atoms. The monoisotopic (exact) mass is 563 g/mol. The van der Waals surface area contributed by atoms with E-state index in [4.69, 9.17) is 15.9 Å². The van der Waals surface area contributed by atoms with Crippen molar-refractivity contribution < 1.29 is 33.8 Å². The summed E-state index contributed by atoms with van der Waals surface area (Å²) in [6, 6.07) is 12.9. The molecule has 0 aromatic heterocycles. The Bertz CT molecular complexity index is 1330. The van der Waals surface area contributed by atoms with Crippen LogP contribution in [0.2, 0.25) is 0 Å². The van der Waals surface area contributed by atoms with E-state index in [2.05, 4.69) is 11.2 Å². The molecule has 0 saturated carbocycles. The molecule has 0 aliphatic carbocycles. The van der Waals surface area contributed by atoms with Crippen molar-refractivity contribution >= 4 is 23.8 Å². The molecule has 4 amide bonds. The van der Waals surface area contributed by atoms with E-state index in [1.165, 1.54) is 34.0 Å². The van der Waals surface area contributed by atoms with Gasteiger partial charge < -0.3 is 29.7 Å². The molecule has 2 heterocycles. The quantitative estimate of drug-likeness (QED) is 0.412. The van der Waals surface area contributed by atoms with Gasteiger partial charge in [0.1, 0.15) is 12.2 Å². The molecule has 4 rings (SSSR count). The summed E-state index contributed by atoms with van der Waals surface area (Å²) in [6.07, 6.45) is 4.43. The summed E-state index contributed by atoms with van der Waals surface area (Å²) in [5.74, 6) is 1.38. The summed E-state index contributed by atoms with van der Waals surface area (Å²) in [5.41, 5.74) is 1.73. The van der Waals surface area contributed by atoms with E-state index >= 15 is 0 Å². The molecular formula is C29H33N5O7. The number of benzene rings is 2. The number of nitrogens with one attached hydrogen (secondary N) is 1. The number of carboxylic acid groups (broad SMARTS) is 1. The summed E-state index contributed by atoms with van der Waals surface area (Å²) < 4.78 is 10.7. The van der Waals surface area contributed by atoms with E-state index in [-0.39, 0.29) is 32.7 Å². The van der Waals surface area contributed by atoms with Crippen molar-refractivity contribution in [2.24, 2.45) is 0 Å². The third kappa shape index (κ3) is 6.53. The molecule has 41 heavy (non-hydrogen) atoms. The van der Waals surface area contributed by atoms with Crippen molar-refractivity contribution in [2.75, 3.05) is 40.4 Å². The molecule has 2 aromatic rings. The Hall–Kier alpha value is -4.76. The van der Waals surface area contributed by atoms with Gasteiger partial charge in [-0.25, -0.2) is 9.80 Å². The van der Waals surface area contributed by atoms with Crippen LogP contribution in [0.1, 0.15) is 17.5 Å². The zero-order chi connectivity index (χ0) is 29.5. The number of methoxy groups -OCH3 is 2. The lowest BCUT2D eigenvalue weighted by Crippen LogP contribution is -2.76. The van der Waals surface area contributed by atoms with Crippen LogP contribution < -0.4 is 14.8 Å². The van der Waals surface area contributed by atoms with Crippen LogP contribution in [-0.2, 0) is 27.3 Å². The summed E-state index contributed by atoms with van der Waals surface area (Å²) in [4.78, 5) is 54.9. The zero-order valence-corrected chi connectivity index (χ0v) is 23.0. The minimum atomic E-state index is -1.28. The SMILES string of the molecule is C#CCN1CC(=O)N2[C@@H](CC(=O)O)C(=O)N(CCc3ccc(OC)c(OC)c3)C[C@@H]2N1C(=O)NCc1ccccc1. The van der Waals surface area contributed by atoms with E-state index in [1.54, 1.807) is 12.1 Å². The topological polar surface area (TPSA) is 132 Å². The third-order valence-electron chi connectivity index (χ3n) is 7.08.